The first kappa shape index (κ1) is 22.6. The van der Waals surface area contributed by atoms with Crippen LogP contribution in [0, 0.1) is 0 Å². The zero-order valence-electron chi connectivity index (χ0n) is 13.7. The summed E-state index contributed by atoms with van der Waals surface area (Å²) in [4.78, 5) is 22.0. The molecule has 9 heteroatoms. The molecule has 0 rings (SSSR count). The number of carbonyl (C=O) groups excluding carboxylic acids is 2. The van der Waals surface area contributed by atoms with Crippen molar-refractivity contribution in [3.05, 3.63) is 0 Å². The molecule has 0 aliphatic carbocycles. The summed E-state index contributed by atoms with van der Waals surface area (Å²) < 4.78 is 65.7. The van der Waals surface area contributed by atoms with Gasteiger partial charge in [-0.1, -0.05) is 45.4 Å². The van der Waals surface area contributed by atoms with Gasteiger partial charge in [0.2, 0.25) is 0 Å². The number of rotatable bonds is 12. The third-order valence-electron chi connectivity index (χ3n) is 3.27. The SMILES string of the molecule is CCCCCCCCCOC(=O)CCNC(=O)C(F)(F)C(F)(F)F. The lowest BCUT2D eigenvalue weighted by Crippen LogP contribution is -2.50. The van der Waals surface area contributed by atoms with Gasteiger partial charge in [-0.3, -0.25) is 9.59 Å². The van der Waals surface area contributed by atoms with E-state index in [1.165, 1.54) is 18.2 Å². The molecule has 142 valence electrons. The van der Waals surface area contributed by atoms with Gasteiger partial charge in [0.1, 0.15) is 0 Å². The minimum Gasteiger partial charge on any atom is -0.466 e. The lowest BCUT2D eigenvalue weighted by atomic mass is 10.1. The minimum atomic E-state index is -5.96. The van der Waals surface area contributed by atoms with Crippen molar-refractivity contribution in [3.8, 4) is 0 Å². The van der Waals surface area contributed by atoms with Gasteiger partial charge < -0.3 is 10.1 Å². The van der Waals surface area contributed by atoms with Crippen molar-refractivity contribution in [1.82, 2.24) is 5.32 Å². The van der Waals surface area contributed by atoms with Crippen molar-refractivity contribution in [3.63, 3.8) is 0 Å². The maximum absolute atomic E-state index is 12.6. The number of ether oxygens (including phenoxy) is 1. The Morgan fingerprint density at radius 3 is 2.00 bits per heavy atom. The van der Waals surface area contributed by atoms with Crippen molar-refractivity contribution >= 4 is 11.9 Å². The van der Waals surface area contributed by atoms with E-state index < -0.39 is 36.9 Å². The topological polar surface area (TPSA) is 55.4 Å². The van der Waals surface area contributed by atoms with Crippen molar-refractivity contribution in [2.75, 3.05) is 13.2 Å². The first-order valence-electron chi connectivity index (χ1n) is 8.01. The van der Waals surface area contributed by atoms with E-state index in [0.29, 0.717) is 6.42 Å². The number of alkyl halides is 5. The summed E-state index contributed by atoms with van der Waals surface area (Å²) in [6.07, 6.45) is 0.782. The predicted molar refractivity (Wildman–Crippen MR) is 77.6 cm³/mol. The van der Waals surface area contributed by atoms with Crippen LogP contribution in [0.15, 0.2) is 0 Å². The molecule has 1 N–H and O–H groups in total. The third-order valence-corrected chi connectivity index (χ3v) is 3.27. The van der Waals surface area contributed by atoms with Gasteiger partial charge in [0.15, 0.2) is 0 Å². The highest BCUT2D eigenvalue weighted by molar-refractivity contribution is 5.84. The number of esters is 1. The highest BCUT2D eigenvalue weighted by Gasteiger charge is 2.63. The van der Waals surface area contributed by atoms with E-state index >= 15 is 0 Å². The zero-order chi connectivity index (χ0) is 18.6. The quantitative estimate of drug-likeness (QED) is 0.325. The van der Waals surface area contributed by atoms with Crippen LogP contribution in [0.5, 0.6) is 0 Å². The summed E-state index contributed by atoms with van der Waals surface area (Å²) in [6.45, 7) is 1.64. The first-order valence-corrected chi connectivity index (χ1v) is 8.01. The highest BCUT2D eigenvalue weighted by Crippen LogP contribution is 2.35. The van der Waals surface area contributed by atoms with Gasteiger partial charge in [-0.2, -0.15) is 22.0 Å². The number of halogens is 5. The summed E-state index contributed by atoms with van der Waals surface area (Å²) in [7, 11) is 0. The van der Waals surface area contributed by atoms with Gasteiger partial charge >= 0.3 is 18.1 Å². The molecule has 0 radical (unpaired) electrons. The number of hydrogen-bond donors (Lipinski definition) is 1. The Hall–Kier alpha value is -1.41. The lowest BCUT2D eigenvalue weighted by Gasteiger charge is -2.18. The van der Waals surface area contributed by atoms with Crippen LogP contribution >= 0.6 is 0 Å². The molecule has 0 saturated carbocycles. The molecular weight excluding hydrogens is 337 g/mol. The fourth-order valence-electron chi connectivity index (χ4n) is 1.84. The average Bonchev–Trinajstić information content (AvgIpc) is 2.48. The number of amides is 1. The Labute approximate surface area is 138 Å². The second-order valence-electron chi connectivity index (χ2n) is 5.42. The Kier molecular flexibility index (Phi) is 10.5. The van der Waals surface area contributed by atoms with E-state index in [-0.39, 0.29) is 6.61 Å². The Morgan fingerprint density at radius 1 is 0.917 bits per heavy atom. The molecule has 0 aliphatic rings. The molecule has 0 spiro atoms. The summed E-state index contributed by atoms with van der Waals surface area (Å²) >= 11 is 0. The molecule has 0 aliphatic heterocycles. The van der Waals surface area contributed by atoms with Gasteiger partial charge in [0, 0.05) is 6.54 Å². The van der Waals surface area contributed by atoms with Crippen LogP contribution in [-0.4, -0.2) is 37.1 Å². The zero-order valence-corrected chi connectivity index (χ0v) is 13.7. The number of hydrogen-bond acceptors (Lipinski definition) is 3. The normalized spacial score (nSPS) is 12.1. The Balaban J connectivity index is 3.72. The fraction of sp³-hybridized carbons (Fsp3) is 0.867. The Morgan fingerprint density at radius 2 is 1.46 bits per heavy atom. The molecule has 0 aromatic carbocycles. The Bertz CT molecular complexity index is 386. The minimum absolute atomic E-state index is 0.166. The smallest absolute Gasteiger partial charge is 0.463 e. The summed E-state index contributed by atoms with van der Waals surface area (Å²) in [5, 5.41) is 1.38. The molecule has 0 atom stereocenters. The number of carbonyl (C=O) groups is 2. The molecule has 4 nitrogen and oxygen atoms in total. The van der Waals surface area contributed by atoms with Crippen LogP contribution in [0.4, 0.5) is 22.0 Å². The highest BCUT2D eigenvalue weighted by atomic mass is 19.4. The van der Waals surface area contributed by atoms with E-state index in [4.69, 9.17) is 4.74 Å². The standard InChI is InChI=1S/C15H24F5NO3/c1-2-3-4-5-6-7-8-11-24-12(22)9-10-21-13(23)14(16,17)15(18,19)20/h2-11H2,1H3,(H,21,23). The van der Waals surface area contributed by atoms with E-state index in [1.54, 1.807) is 0 Å². The second-order valence-corrected chi connectivity index (χ2v) is 5.42. The molecule has 0 aromatic heterocycles. The van der Waals surface area contributed by atoms with Gasteiger partial charge in [-0.25, -0.2) is 0 Å². The van der Waals surface area contributed by atoms with Crippen molar-refractivity contribution < 1.29 is 36.3 Å². The molecule has 0 unspecified atom stereocenters. The first-order chi connectivity index (χ1) is 11.1. The van der Waals surface area contributed by atoms with Crippen LogP contribution in [0.1, 0.15) is 58.3 Å². The maximum atomic E-state index is 12.6. The van der Waals surface area contributed by atoms with E-state index in [2.05, 4.69) is 6.92 Å². The van der Waals surface area contributed by atoms with Crippen LogP contribution < -0.4 is 5.32 Å². The van der Waals surface area contributed by atoms with Crippen molar-refractivity contribution in [2.24, 2.45) is 0 Å². The van der Waals surface area contributed by atoms with Gasteiger partial charge in [-0.15, -0.1) is 0 Å². The molecule has 0 fully saturated rings. The molecule has 24 heavy (non-hydrogen) atoms. The summed E-state index contributed by atoms with van der Waals surface area (Å²) in [6, 6.07) is 0. The summed E-state index contributed by atoms with van der Waals surface area (Å²) in [5.74, 6) is -8.71. The van der Waals surface area contributed by atoms with E-state index in [9.17, 15) is 31.5 Å². The molecular formula is C15H24F5NO3. The predicted octanol–water partition coefficient (Wildman–Crippen LogP) is 3.98. The van der Waals surface area contributed by atoms with Crippen LogP contribution in [0.25, 0.3) is 0 Å². The molecule has 0 heterocycles. The monoisotopic (exact) mass is 361 g/mol. The van der Waals surface area contributed by atoms with Crippen LogP contribution in [0.3, 0.4) is 0 Å². The molecule has 0 saturated heterocycles. The van der Waals surface area contributed by atoms with Crippen molar-refractivity contribution in [1.29, 1.82) is 0 Å². The average molecular weight is 361 g/mol. The molecule has 1 amide bonds. The third kappa shape index (κ3) is 9.02. The van der Waals surface area contributed by atoms with E-state index in [1.807, 2.05) is 0 Å². The van der Waals surface area contributed by atoms with Crippen LogP contribution in [0.2, 0.25) is 0 Å². The van der Waals surface area contributed by atoms with Gasteiger partial charge in [0.25, 0.3) is 5.91 Å². The van der Waals surface area contributed by atoms with Gasteiger partial charge in [-0.05, 0) is 6.42 Å². The van der Waals surface area contributed by atoms with Gasteiger partial charge in [0.05, 0.1) is 13.0 Å². The molecule has 0 bridgehead atoms. The summed E-state index contributed by atoms with van der Waals surface area (Å²) in [5.41, 5.74) is 0. The second kappa shape index (κ2) is 11.2. The lowest BCUT2D eigenvalue weighted by molar-refractivity contribution is -0.269. The van der Waals surface area contributed by atoms with Crippen molar-refractivity contribution in [2.45, 2.75) is 70.4 Å². The fourth-order valence-corrected chi connectivity index (χ4v) is 1.84. The van der Waals surface area contributed by atoms with Crippen LogP contribution in [-0.2, 0) is 14.3 Å². The number of nitrogens with one attached hydrogen (secondary N) is 1. The van der Waals surface area contributed by atoms with E-state index in [0.717, 1.165) is 25.7 Å². The maximum Gasteiger partial charge on any atom is 0.463 e. The number of unbranched alkanes of at least 4 members (excludes halogenated alkanes) is 6. The molecule has 0 aromatic rings. The largest absolute Gasteiger partial charge is 0.466 e.